The highest BCUT2D eigenvalue weighted by Gasteiger charge is 2.24. The first-order valence-corrected chi connectivity index (χ1v) is 11.4. The van der Waals surface area contributed by atoms with Gasteiger partial charge < -0.3 is 20.4 Å². The highest BCUT2D eigenvalue weighted by molar-refractivity contribution is 7.14. The van der Waals surface area contributed by atoms with E-state index in [4.69, 9.17) is 4.42 Å². The first-order valence-electron chi connectivity index (χ1n) is 10.5. The summed E-state index contributed by atoms with van der Waals surface area (Å²) in [5.41, 5.74) is 3.13. The van der Waals surface area contributed by atoms with Gasteiger partial charge in [0.25, 0.3) is 5.91 Å². The molecule has 3 N–H and O–H groups in total. The minimum Gasteiger partial charge on any atom is -0.459 e. The van der Waals surface area contributed by atoms with Crippen molar-refractivity contribution in [2.24, 2.45) is 0 Å². The van der Waals surface area contributed by atoms with E-state index in [1.807, 2.05) is 47.8 Å². The van der Waals surface area contributed by atoms with Crippen LogP contribution in [0.1, 0.15) is 23.0 Å². The predicted octanol–water partition coefficient (Wildman–Crippen LogP) is 4.34. The van der Waals surface area contributed by atoms with Gasteiger partial charge in [0.1, 0.15) is 6.04 Å². The molecular weight excluding hydrogens is 452 g/mol. The molecular formula is C25H22N4O4S. The maximum absolute atomic E-state index is 13.1. The topological polar surface area (TPSA) is 113 Å². The summed E-state index contributed by atoms with van der Waals surface area (Å²) in [6, 6.07) is 19.0. The lowest BCUT2D eigenvalue weighted by Gasteiger charge is -2.17. The summed E-state index contributed by atoms with van der Waals surface area (Å²) in [5, 5.41) is 10.5. The summed E-state index contributed by atoms with van der Waals surface area (Å²) >= 11 is 1.28. The van der Waals surface area contributed by atoms with Gasteiger partial charge in [-0.2, -0.15) is 0 Å². The fourth-order valence-corrected chi connectivity index (χ4v) is 4.00. The van der Waals surface area contributed by atoms with Crippen molar-refractivity contribution < 1.29 is 18.8 Å². The van der Waals surface area contributed by atoms with Gasteiger partial charge in [-0.25, -0.2) is 4.98 Å². The van der Waals surface area contributed by atoms with Gasteiger partial charge in [-0.05, 0) is 29.8 Å². The van der Waals surface area contributed by atoms with Gasteiger partial charge in [-0.15, -0.1) is 11.3 Å². The summed E-state index contributed by atoms with van der Waals surface area (Å²) in [6.07, 6.45) is 1.71. The third kappa shape index (κ3) is 5.96. The highest BCUT2D eigenvalue weighted by Crippen LogP contribution is 2.26. The Bertz CT molecular complexity index is 1270. The molecule has 172 valence electrons. The second-order valence-corrected chi connectivity index (χ2v) is 8.34. The highest BCUT2D eigenvalue weighted by atomic mass is 32.1. The van der Waals surface area contributed by atoms with E-state index in [1.54, 1.807) is 18.2 Å². The summed E-state index contributed by atoms with van der Waals surface area (Å²) in [4.78, 5) is 41.3. The zero-order chi connectivity index (χ0) is 23.9. The van der Waals surface area contributed by atoms with Crippen LogP contribution in [0.4, 0.5) is 10.8 Å². The fourth-order valence-electron chi connectivity index (χ4n) is 3.28. The third-order valence-corrected chi connectivity index (χ3v) is 5.64. The fraction of sp³-hybridized carbons (Fsp3) is 0.120. The predicted molar refractivity (Wildman–Crippen MR) is 131 cm³/mol. The third-order valence-electron chi connectivity index (χ3n) is 4.88. The Kier molecular flexibility index (Phi) is 7.14. The molecule has 0 aliphatic carbocycles. The van der Waals surface area contributed by atoms with Crippen LogP contribution in [0.25, 0.3) is 11.3 Å². The second kappa shape index (κ2) is 10.6. The van der Waals surface area contributed by atoms with Crippen LogP contribution < -0.4 is 16.0 Å². The first-order chi connectivity index (χ1) is 16.5. The molecule has 34 heavy (non-hydrogen) atoms. The Hall–Kier alpha value is -4.24. The average molecular weight is 475 g/mol. The van der Waals surface area contributed by atoms with Crippen LogP contribution in [0.5, 0.6) is 0 Å². The van der Waals surface area contributed by atoms with Crippen molar-refractivity contribution in [1.29, 1.82) is 0 Å². The molecule has 2 aromatic heterocycles. The molecule has 2 heterocycles. The number of nitrogens with zero attached hydrogens (tertiary/aromatic N) is 1. The summed E-state index contributed by atoms with van der Waals surface area (Å²) in [5.74, 6) is -0.869. The van der Waals surface area contributed by atoms with E-state index in [1.165, 1.54) is 30.6 Å². The molecule has 8 nitrogen and oxygen atoms in total. The number of anilines is 2. The van der Waals surface area contributed by atoms with Crippen LogP contribution in [-0.2, 0) is 16.0 Å². The number of hydrogen-bond donors (Lipinski definition) is 3. The van der Waals surface area contributed by atoms with Crippen molar-refractivity contribution >= 4 is 39.9 Å². The number of benzene rings is 2. The Morgan fingerprint density at radius 2 is 1.74 bits per heavy atom. The van der Waals surface area contributed by atoms with Crippen molar-refractivity contribution in [3.05, 3.63) is 89.7 Å². The van der Waals surface area contributed by atoms with Gasteiger partial charge in [0, 0.05) is 30.0 Å². The zero-order valence-electron chi connectivity index (χ0n) is 18.3. The van der Waals surface area contributed by atoms with Crippen LogP contribution in [0.15, 0.2) is 82.8 Å². The Morgan fingerprint density at radius 3 is 2.41 bits per heavy atom. The minimum atomic E-state index is -0.829. The number of hydrogen-bond acceptors (Lipinski definition) is 6. The molecule has 0 saturated heterocycles. The van der Waals surface area contributed by atoms with E-state index in [2.05, 4.69) is 20.9 Å². The number of carbonyl (C=O) groups is 3. The van der Waals surface area contributed by atoms with E-state index in [0.29, 0.717) is 22.9 Å². The molecule has 3 amide bonds. The van der Waals surface area contributed by atoms with Gasteiger partial charge in [-0.1, -0.05) is 42.5 Å². The molecule has 0 aliphatic heterocycles. The van der Waals surface area contributed by atoms with Crippen LogP contribution in [0, 0.1) is 0 Å². The molecule has 0 aliphatic rings. The minimum absolute atomic E-state index is 0.130. The largest absolute Gasteiger partial charge is 0.459 e. The Labute approximate surface area is 200 Å². The van der Waals surface area contributed by atoms with E-state index < -0.39 is 11.9 Å². The number of amides is 3. The van der Waals surface area contributed by atoms with Crippen molar-refractivity contribution in [2.45, 2.75) is 19.4 Å². The molecule has 0 fully saturated rings. The van der Waals surface area contributed by atoms with E-state index in [0.717, 1.165) is 11.1 Å². The molecule has 0 unspecified atom stereocenters. The molecule has 0 bridgehead atoms. The van der Waals surface area contributed by atoms with Gasteiger partial charge in [0.15, 0.2) is 10.9 Å². The van der Waals surface area contributed by atoms with Gasteiger partial charge in [-0.3, -0.25) is 14.4 Å². The molecule has 1 atom stereocenters. The molecule has 4 rings (SSSR count). The average Bonchev–Trinajstić information content (AvgIpc) is 3.52. The second-order valence-electron chi connectivity index (χ2n) is 7.48. The smallest absolute Gasteiger partial charge is 0.287 e. The van der Waals surface area contributed by atoms with Crippen LogP contribution in [0.2, 0.25) is 0 Å². The van der Waals surface area contributed by atoms with Crippen molar-refractivity contribution in [3.63, 3.8) is 0 Å². The monoisotopic (exact) mass is 474 g/mol. The number of furan rings is 1. The lowest BCUT2D eigenvalue weighted by molar-refractivity contribution is -0.118. The SMILES string of the molecule is CC(=O)Nc1ccc(-c2csc(NC(=O)[C@H](Cc3ccccc3)NC(=O)c3ccco3)n2)cc1. The number of carbonyl (C=O) groups excluding carboxylic acids is 3. The molecule has 2 aromatic carbocycles. The number of rotatable bonds is 8. The molecule has 4 aromatic rings. The van der Waals surface area contributed by atoms with E-state index in [-0.39, 0.29) is 17.6 Å². The number of aromatic nitrogens is 1. The number of nitrogens with one attached hydrogen (secondary N) is 3. The summed E-state index contributed by atoms with van der Waals surface area (Å²) in [7, 11) is 0. The Morgan fingerprint density at radius 1 is 0.971 bits per heavy atom. The lowest BCUT2D eigenvalue weighted by Crippen LogP contribution is -2.45. The molecule has 0 saturated carbocycles. The molecule has 9 heteroatoms. The zero-order valence-corrected chi connectivity index (χ0v) is 19.1. The van der Waals surface area contributed by atoms with Gasteiger partial charge in [0.05, 0.1) is 12.0 Å². The quantitative estimate of drug-likeness (QED) is 0.352. The van der Waals surface area contributed by atoms with Crippen molar-refractivity contribution in [2.75, 3.05) is 10.6 Å². The van der Waals surface area contributed by atoms with Gasteiger partial charge in [0.2, 0.25) is 11.8 Å². The summed E-state index contributed by atoms with van der Waals surface area (Å²) in [6.45, 7) is 1.45. The molecule has 0 radical (unpaired) electrons. The first kappa shape index (κ1) is 22.9. The van der Waals surface area contributed by atoms with Crippen LogP contribution in [0.3, 0.4) is 0 Å². The van der Waals surface area contributed by atoms with Crippen LogP contribution in [-0.4, -0.2) is 28.7 Å². The lowest BCUT2D eigenvalue weighted by atomic mass is 10.1. The van der Waals surface area contributed by atoms with Crippen LogP contribution >= 0.6 is 11.3 Å². The normalized spacial score (nSPS) is 11.4. The Balaban J connectivity index is 1.47. The summed E-state index contributed by atoms with van der Waals surface area (Å²) < 4.78 is 5.15. The van der Waals surface area contributed by atoms with E-state index >= 15 is 0 Å². The maximum atomic E-state index is 13.1. The van der Waals surface area contributed by atoms with E-state index in [9.17, 15) is 14.4 Å². The standard InChI is InChI=1S/C25H22N4O4S/c1-16(30)26-19-11-9-18(10-12-19)21-15-34-25(28-21)29-23(31)20(14-17-6-3-2-4-7-17)27-24(32)22-8-5-13-33-22/h2-13,15,20H,14H2,1H3,(H,26,30)(H,27,32)(H,28,29,31)/t20-/m0/s1. The van der Waals surface area contributed by atoms with Crippen molar-refractivity contribution in [3.8, 4) is 11.3 Å². The van der Waals surface area contributed by atoms with Crippen molar-refractivity contribution in [1.82, 2.24) is 10.3 Å². The molecule has 0 spiro atoms. The maximum Gasteiger partial charge on any atom is 0.287 e. The number of thiazole rings is 1. The van der Waals surface area contributed by atoms with Gasteiger partial charge >= 0.3 is 0 Å².